The van der Waals surface area contributed by atoms with Gasteiger partial charge in [-0.2, -0.15) is 5.10 Å². The van der Waals surface area contributed by atoms with Crippen LogP contribution in [0.2, 0.25) is 0 Å². The molecular weight excluding hydrogens is 381 g/mol. The van der Waals surface area contributed by atoms with E-state index in [0.29, 0.717) is 48.9 Å². The zero-order valence-corrected chi connectivity index (χ0v) is 16.2. The van der Waals surface area contributed by atoms with E-state index in [9.17, 15) is 14.0 Å². The molecule has 2 fully saturated rings. The molecule has 0 bridgehead atoms. The average molecular weight is 403 g/mol. The van der Waals surface area contributed by atoms with Gasteiger partial charge in [-0.1, -0.05) is 0 Å². The van der Waals surface area contributed by atoms with Crippen molar-refractivity contribution < 1.29 is 14.0 Å². The first-order chi connectivity index (χ1) is 13.5. The number of benzene rings is 1. The minimum atomic E-state index is -0.366. The number of hydrogen-bond donors (Lipinski definition) is 2. The van der Waals surface area contributed by atoms with Crippen LogP contribution in [0.25, 0.3) is 0 Å². The number of amides is 2. The molecule has 0 atom stereocenters. The molecule has 1 saturated heterocycles. The number of nitrogens with one attached hydrogen (secondary N) is 2. The summed E-state index contributed by atoms with van der Waals surface area (Å²) >= 11 is 5.25. The Bertz CT molecular complexity index is 927. The summed E-state index contributed by atoms with van der Waals surface area (Å²) in [6.45, 7) is 1.36. The zero-order valence-electron chi connectivity index (χ0n) is 15.4. The summed E-state index contributed by atoms with van der Waals surface area (Å²) < 4.78 is 15.6. The lowest BCUT2D eigenvalue weighted by atomic mass is 9.95. The molecular formula is C19H22FN5O2S. The summed E-state index contributed by atoms with van der Waals surface area (Å²) in [6, 6.07) is 5.94. The van der Waals surface area contributed by atoms with Gasteiger partial charge in [0, 0.05) is 30.6 Å². The van der Waals surface area contributed by atoms with Crippen LogP contribution in [-0.2, 0) is 11.3 Å². The van der Waals surface area contributed by atoms with Crippen LogP contribution in [0.4, 0.5) is 4.39 Å². The van der Waals surface area contributed by atoms with Crippen molar-refractivity contribution in [2.45, 2.75) is 38.3 Å². The molecule has 1 aliphatic heterocycles. The van der Waals surface area contributed by atoms with Crippen LogP contribution in [0.5, 0.6) is 0 Å². The Hall–Kier alpha value is -2.55. The number of H-pyrrole nitrogens is 1. The van der Waals surface area contributed by atoms with E-state index in [1.165, 1.54) is 24.3 Å². The van der Waals surface area contributed by atoms with Gasteiger partial charge in [-0.15, -0.1) is 0 Å². The third kappa shape index (κ3) is 3.99. The first-order valence-corrected chi connectivity index (χ1v) is 9.92. The average Bonchev–Trinajstić information content (AvgIpc) is 3.48. The number of aromatic amines is 1. The maximum atomic E-state index is 13.0. The zero-order chi connectivity index (χ0) is 19.7. The lowest BCUT2D eigenvalue weighted by Gasteiger charge is -2.31. The lowest BCUT2D eigenvalue weighted by molar-refractivity contribution is -0.126. The molecule has 4 rings (SSSR count). The Morgan fingerprint density at radius 1 is 1.18 bits per heavy atom. The molecule has 9 heteroatoms. The summed E-state index contributed by atoms with van der Waals surface area (Å²) in [4.78, 5) is 26.7. The SMILES string of the molecule is O=C(NCc1n[nH]c(=S)n1C1CC1)C1CCN(C(=O)c2ccc(F)cc2)CC1. The van der Waals surface area contributed by atoms with Gasteiger partial charge in [-0.3, -0.25) is 19.3 Å². The molecule has 0 spiro atoms. The van der Waals surface area contributed by atoms with Crippen LogP contribution in [0.15, 0.2) is 24.3 Å². The van der Waals surface area contributed by atoms with E-state index in [2.05, 4.69) is 15.5 Å². The fraction of sp³-hybridized carbons (Fsp3) is 0.474. The number of piperidine rings is 1. The Balaban J connectivity index is 1.29. The minimum absolute atomic E-state index is 0.0230. The van der Waals surface area contributed by atoms with Gasteiger partial charge in [-0.05, 0) is 62.2 Å². The maximum Gasteiger partial charge on any atom is 0.253 e. The van der Waals surface area contributed by atoms with Crippen molar-refractivity contribution in [1.82, 2.24) is 25.0 Å². The molecule has 2 amide bonds. The van der Waals surface area contributed by atoms with Gasteiger partial charge in [0.25, 0.3) is 5.91 Å². The Morgan fingerprint density at radius 2 is 1.86 bits per heavy atom. The predicted molar refractivity (Wildman–Crippen MR) is 103 cm³/mol. The Kier molecular flexibility index (Phi) is 5.25. The quantitative estimate of drug-likeness (QED) is 0.752. The second kappa shape index (κ2) is 7.83. The molecule has 7 nitrogen and oxygen atoms in total. The normalized spacial score (nSPS) is 17.5. The number of likely N-dealkylation sites (tertiary alicyclic amines) is 1. The topological polar surface area (TPSA) is 83.0 Å². The Morgan fingerprint density at radius 3 is 2.50 bits per heavy atom. The summed E-state index contributed by atoms with van der Waals surface area (Å²) in [5, 5.41) is 9.97. The molecule has 0 radical (unpaired) electrons. The van der Waals surface area contributed by atoms with E-state index >= 15 is 0 Å². The molecule has 0 unspecified atom stereocenters. The second-order valence-electron chi connectivity index (χ2n) is 7.34. The molecule has 2 aromatic rings. The van der Waals surface area contributed by atoms with Gasteiger partial charge in [0.05, 0.1) is 6.54 Å². The first kappa shape index (κ1) is 18.8. The van der Waals surface area contributed by atoms with E-state index in [0.717, 1.165) is 18.7 Å². The highest BCUT2D eigenvalue weighted by molar-refractivity contribution is 7.71. The van der Waals surface area contributed by atoms with E-state index in [-0.39, 0.29) is 23.5 Å². The second-order valence-corrected chi connectivity index (χ2v) is 7.72. The van der Waals surface area contributed by atoms with Crippen molar-refractivity contribution in [3.8, 4) is 0 Å². The molecule has 1 aliphatic carbocycles. The first-order valence-electron chi connectivity index (χ1n) is 9.51. The number of halogens is 1. The third-order valence-corrected chi connectivity index (χ3v) is 5.64. The standard InChI is InChI=1S/C19H22FN5O2S/c20-14-3-1-13(2-4-14)18(27)24-9-7-12(8-10-24)17(26)21-11-16-22-23-19(28)25(16)15-5-6-15/h1-4,12,15H,5-11H2,(H,21,26)(H,23,28). The van der Waals surface area contributed by atoms with Crippen LogP contribution in [0.3, 0.4) is 0 Å². The van der Waals surface area contributed by atoms with E-state index < -0.39 is 0 Å². The molecule has 2 aliphatic rings. The lowest BCUT2D eigenvalue weighted by Crippen LogP contribution is -2.43. The van der Waals surface area contributed by atoms with Crippen molar-refractivity contribution in [2.24, 2.45) is 5.92 Å². The number of nitrogens with zero attached hydrogens (tertiary/aromatic N) is 3. The maximum absolute atomic E-state index is 13.0. The molecule has 28 heavy (non-hydrogen) atoms. The van der Waals surface area contributed by atoms with Crippen molar-refractivity contribution in [1.29, 1.82) is 0 Å². The summed E-state index contributed by atoms with van der Waals surface area (Å²) in [6.07, 6.45) is 3.40. The third-order valence-electron chi connectivity index (χ3n) is 5.35. The monoisotopic (exact) mass is 403 g/mol. The molecule has 1 aromatic heterocycles. The van der Waals surface area contributed by atoms with Crippen LogP contribution < -0.4 is 5.32 Å². The van der Waals surface area contributed by atoms with E-state index in [1.54, 1.807) is 4.90 Å². The number of carbonyl (C=O) groups excluding carboxylic acids is 2. The number of hydrogen-bond acceptors (Lipinski definition) is 4. The van der Waals surface area contributed by atoms with Gasteiger partial charge in [0.15, 0.2) is 10.6 Å². The molecule has 1 saturated carbocycles. The van der Waals surface area contributed by atoms with Crippen LogP contribution in [0, 0.1) is 16.5 Å². The summed E-state index contributed by atoms with van der Waals surface area (Å²) in [5.74, 6) is 0.109. The fourth-order valence-corrected chi connectivity index (χ4v) is 3.90. The van der Waals surface area contributed by atoms with Gasteiger partial charge in [0.2, 0.25) is 5.91 Å². The van der Waals surface area contributed by atoms with Gasteiger partial charge in [-0.25, -0.2) is 4.39 Å². The molecule has 1 aromatic carbocycles. The summed E-state index contributed by atoms with van der Waals surface area (Å²) in [5.41, 5.74) is 0.465. The van der Waals surface area contributed by atoms with Crippen LogP contribution in [-0.4, -0.2) is 44.6 Å². The highest BCUT2D eigenvalue weighted by Crippen LogP contribution is 2.35. The largest absolute Gasteiger partial charge is 0.349 e. The van der Waals surface area contributed by atoms with Crippen molar-refractivity contribution in [3.05, 3.63) is 46.2 Å². The minimum Gasteiger partial charge on any atom is -0.349 e. The Labute approximate surface area is 166 Å². The molecule has 148 valence electrons. The van der Waals surface area contributed by atoms with E-state index in [4.69, 9.17) is 12.2 Å². The van der Waals surface area contributed by atoms with Crippen LogP contribution >= 0.6 is 12.2 Å². The van der Waals surface area contributed by atoms with Gasteiger partial charge < -0.3 is 10.2 Å². The van der Waals surface area contributed by atoms with Crippen molar-refractivity contribution in [2.75, 3.05) is 13.1 Å². The number of carbonyl (C=O) groups is 2. The van der Waals surface area contributed by atoms with Gasteiger partial charge in [0.1, 0.15) is 5.82 Å². The molecule has 2 heterocycles. The van der Waals surface area contributed by atoms with Gasteiger partial charge >= 0.3 is 0 Å². The smallest absolute Gasteiger partial charge is 0.253 e. The highest BCUT2D eigenvalue weighted by Gasteiger charge is 2.29. The van der Waals surface area contributed by atoms with Crippen molar-refractivity contribution >= 4 is 24.0 Å². The van der Waals surface area contributed by atoms with Crippen LogP contribution in [0.1, 0.15) is 47.9 Å². The predicted octanol–water partition coefficient (Wildman–Crippen LogP) is 2.58. The molecule has 2 N–H and O–H groups in total. The summed E-state index contributed by atoms with van der Waals surface area (Å²) in [7, 11) is 0. The van der Waals surface area contributed by atoms with E-state index in [1.807, 2.05) is 4.57 Å². The number of rotatable bonds is 5. The highest BCUT2D eigenvalue weighted by atomic mass is 32.1. The van der Waals surface area contributed by atoms with Crippen molar-refractivity contribution in [3.63, 3.8) is 0 Å². The fourth-order valence-electron chi connectivity index (χ4n) is 3.60. The number of aromatic nitrogens is 3.